The van der Waals surface area contributed by atoms with E-state index in [1.165, 1.54) is 12.1 Å². The predicted octanol–water partition coefficient (Wildman–Crippen LogP) is 4.43. The summed E-state index contributed by atoms with van der Waals surface area (Å²) in [5, 5.41) is -0.439. The molecule has 0 aliphatic rings. The fourth-order valence-corrected chi connectivity index (χ4v) is 2.83. The van der Waals surface area contributed by atoms with Crippen LogP contribution in [0.2, 0.25) is 5.02 Å². The quantitative estimate of drug-likeness (QED) is 0.769. The van der Waals surface area contributed by atoms with Crippen LogP contribution in [0, 0.1) is 6.92 Å². The molecule has 0 aliphatic carbocycles. The molecule has 0 unspecified atom stereocenters. The van der Waals surface area contributed by atoms with Gasteiger partial charge in [-0.3, -0.25) is 0 Å². The van der Waals surface area contributed by atoms with Crippen LogP contribution in [0.4, 0.5) is 13.2 Å². The summed E-state index contributed by atoms with van der Waals surface area (Å²) in [5.41, 5.74) is -0.135. The molecule has 3 nitrogen and oxygen atoms in total. The van der Waals surface area contributed by atoms with E-state index in [2.05, 4.69) is 0 Å². The molecule has 0 bridgehead atoms. The lowest BCUT2D eigenvalue weighted by Crippen LogP contribution is -2.11. The van der Waals surface area contributed by atoms with Crippen molar-refractivity contribution in [1.82, 2.24) is 0 Å². The normalized spacial score (nSPS) is 12.2. The molecular weight excluding hydrogens is 341 g/mol. The van der Waals surface area contributed by atoms with Crippen LogP contribution in [0.3, 0.4) is 0 Å². The Hall–Kier alpha value is -1.73. The molecule has 2 rings (SSSR count). The van der Waals surface area contributed by atoms with Crippen LogP contribution in [0.1, 0.15) is 11.1 Å². The summed E-state index contributed by atoms with van der Waals surface area (Å²) in [4.78, 5) is -0.117. The van der Waals surface area contributed by atoms with E-state index in [1.54, 1.807) is 19.1 Å². The molecule has 0 saturated carbocycles. The van der Waals surface area contributed by atoms with Gasteiger partial charge < -0.3 is 4.18 Å². The Morgan fingerprint density at radius 1 is 1.05 bits per heavy atom. The second kappa shape index (κ2) is 5.81. The van der Waals surface area contributed by atoms with Crippen LogP contribution >= 0.6 is 11.6 Å². The number of rotatable bonds is 3. The standard InChI is InChI=1S/C14H10ClF3O3S/c1-9-2-5-11(6-3-9)22(19,20)21-13-7-4-10(8-12(13)15)14(16,17)18/h2-8H,1H3. The van der Waals surface area contributed by atoms with Crippen LogP contribution < -0.4 is 4.18 Å². The molecule has 0 saturated heterocycles. The SMILES string of the molecule is Cc1ccc(S(=O)(=O)Oc2ccc(C(F)(F)F)cc2Cl)cc1. The lowest BCUT2D eigenvalue weighted by Gasteiger charge is -2.11. The molecule has 0 radical (unpaired) electrons. The largest absolute Gasteiger partial charge is 0.416 e. The van der Waals surface area contributed by atoms with Crippen molar-refractivity contribution in [2.45, 2.75) is 18.0 Å². The number of halogens is 4. The maximum atomic E-state index is 12.5. The van der Waals surface area contributed by atoms with Gasteiger partial charge in [-0.25, -0.2) is 0 Å². The Balaban J connectivity index is 2.32. The third kappa shape index (κ3) is 3.72. The molecule has 8 heteroatoms. The molecule has 0 aliphatic heterocycles. The third-order valence-electron chi connectivity index (χ3n) is 2.77. The van der Waals surface area contributed by atoms with Gasteiger partial charge >= 0.3 is 16.3 Å². The molecule has 2 aromatic carbocycles. The fourth-order valence-electron chi connectivity index (χ4n) is 1.62. The molecule has 0 heterocycles. The minimum Gasteiger partial charge on any atom is -0.377 e. The van der Waals surface area contributed by atoms with E-state index in [1.807, 2.05) is 0 Å². The minimum absolute atomic E-state index is 0.117. The van der Waals surface area contributed by atoms with Gasteiger partial charge in [0.15, 0.2) is 5.75 Å². The highest BCUT2D eigenvalue weighted by molar-refractivity contribution is 7.87. The van der Waals surface area contributed by atoms with Crippen molar-refractivity contribution in [2.75, 3.05) is 0 Å². The fraction of sp³-hybridized carbons (Fsp3) is 0.143. The Bertz CT molecular complexity index is 784. The van der Waals surface area contributed by atoms with E-state index in [0.717, 1.165) is 11.6 Å². The number of hydrogen-bond acceptors (Lipinski definition) is 3. The van der Waals surface area contributed by atoms with Gasteiger partial charge in [-0.1, -0.05) is 29.3 Å². The molecule has 0 fully saturated rings. The zero-order chi connectivity index (χ0) is 16.5. The average Bonchev–Trinajstić information content (AvgIpc) is 2.40. The van der Waals surface area contributed by atoms with Crippen LogP contribution in [0.5, 0.6) is 5.75 Å². The zero-order valence-corrected chi connectivity index (χ0v) is 12.8. The van der Waals surface area contributed by atoms with E-state index in [-0.39, 0.29) is 10.6 Å². The summed E-state index contributed by atoms with van der Waals surface area (Å²) in [5.74, 6) is -0.366. The predicted molar refractivity (Wildman–Crippen MR) is 75.4 cm³/mol. The molecule has 0 aromatic heterocycles. The average molecular weight is 351 g/mol. The van der Waals surface area contributed by atoms with Gasteiger partial charge in [0.25, 0.3) is 0 Å². The van der Waals surface area contributed by atoms with E-state index in [9.17, 15) is 21.6 Å². The van der Waals surface area contributed by atoms with Gasteiger partial charge in [-0.05, 0) is 37.3 Å². The van der Waals surface area contributed by atoms with Crippen molar-refractivity contribution < 1.29 is 25.8 Å². The Labute approximate surface area is 130 Å². The topological polar surface area (TPSA) is 43.4 Å². The van der Waals surface area contributed by atoms with Gasteiger partial charge in [-0.15, -0.1) is 0 Å². The highest BCUT2D eigenvalue weighted by atomic mass is 35.5. The molecule has 0 N–H and O–H groups in total. The number of aryl methyl sites for hydroxylation is 1. The summed E-state index contributed by atoms with van der Waals surface area (Å²) in [6.07, 6.45) is -4.57. The van der Waals surface area contributed by atoms with Gasteiger partial charge in [0.2, 0.25) is 0 Å². The number of hydrogen-bond donors (Lipinski definition) is 0. The van der Waals surface area contributed by atoms with E-state index >= 15 is 0 Å². The van der Waals surface area contributed by atoms with Crippen molar-refractivity contribution >= 4 is 21.7 Å². The summed E-state index contributed by atoms with van der Waals surface area (Å²) < 4.78 is 66.5. The highest BCUT2D eigenvalue weighted by Crippen LogP contribution is 2.35. The van der Waals surface area contributed by atoms with Crippen LogP contribution in [-0.4, -0.2) is 8.42 Å². The highest BCUT2D eigenvalue weighted by Gasteiger charge is 2.31. The van der Waals surface area contributed by atoms with Gasteiger partial charge in [-0.2, -0.15) is 21.6 Å². The summed E-state index contributed by atoms with van der Waals surface area (Å²) in [7, 11) is -4.17. The van der Waals surface area contributed by atoms with Gasteiger partial charge in [0.1, 0.15) is 4.90 Å². The molecule has 118 valence electrons. The lowest BCUT2D eigenvalue weighted by atomic mass is 10.2. The summed E-state index contributed by atoms with van der Waals surface area (Å²) >= 11 is 5.66. The van der Waals surface area contributed by atoms with E-state index in [4.69, 9.17) is 15.8 Å². The minimum atomic E-state index is -4.57. The van der Waals surface area contributed by atoms with Crippen molar-refractivity contribution in [3.8, 4) is 5.75 Å². The first kappa shape index (κ1) is 16.6. The van der Waals surface area contributed by atoms with E-state index in [0.29, 0.717) is 12.1 Å². The molecule has 2 aromatic rings. The smallest absolute Gasteiger partial charge is 0.377 e. The first-order chi connectivity index (χ1) is 10.1. The Morgan fingerprint density at radius 3 is 2.14 bits per heavy atom. The maximum absolute atomic E-state index is 12.5. The lowest BCUT2D eigenvalue weighted by molar-refractivity contribution is -0.137. The van der Waals surface area contributed by atoms with Crippen LogP contribution in [-0.2, 0) is 16.3 Å². The zero-order valence-electron chi connectivity index (χ0n) is 11.2. The summed E-state index contributed by atoms with van der Waals surface area (Å²) in [6, 6.07) is 8.00. The van der Waals surface area contributed by atoms with Crippen molar-refractivity contribution in [1.29, 1.82) is 0 Å². The Kier molecular flexibility index (Phi) is 4.39. The Morgan fingerprint density at radius 2 is 1.64 bits per heavy atom. The molecule has 22 heavy (non-hydrogen) atoms. The number of alkyl halides is 3. The monoisotopic (exact) mass is 350 g/mol. The molecule has 0 spiro atoms. The van der Waals surface area contributed by atoms with E-state index < -0.39 is 26.9 Å². The molecular formula is C14H10ClF3O3S. The van der Waals surface area contributed by atoms with Crippen LogP contribution in [0.15, 0.2) is 47.4 Å². The third-order valence-corrected chi connectivity index (χ3v) is 4.31. The van der Waals surface area contributed by atoms with Gasteiger partial charge in [0.05, 0.1) is 10.6 Å². The first-order valence-corrected chi connectivity index (χ1v) is 7.76. The van der Waals surface area contributed by atoms with Gasteiger partial charge in [0, 0.05) is 0 Å². The van der Waals surface area contributed by atoms with Crippen LogP contribution in [0.25, 0.3) is 0 Å². The second-order valence-corrected chi connectivity index (χ2v) is 6.45. The second-order valence-electron chi connectivity index (χ2n) is 4.49. The van der Waals surface area contributed by atoms with Crippen molar-refractivity contribution in [2.24, 2.45) is 0 Å². The first-order valence-electron chi connectivity index (χ1n) is 5.97. The van der Waals surface area contributed by atoms with Crippen molar-refractivity contribution in [3.63, 3.8) is 0 Å². The maximum Gasteiger partial charge on any atom is 0.416 e. The molecule has 0 amide bonds. The van der Waals surface area contributed by atoms with Crippen molar-refractivity contribution in [3.05, 3.63) is 58.6 Å². The number of benzene rings is 2. The summed E-state index contributed by atoms with van der Waals surface area (Å²) in [6.45, 7) is 1.78. The molecule has 0 atom stereocenters.